The van der Waals surface area contributed by atoms with E-state index >= 15 is 0 Å². The summed E-state index contributed by atoms with van der Waals surface area (Å²) in [5.41, 5.74) is 2.52. The van der Waals surface area contributed by atoms with E-state index in [-0.39, 0.29) is 23.8 Å². The van der Waals surface area contributed by atoms with E-state index in [4.69, 9.17) is 4.74 Å². The van der Waals surface area contributed by atoms with E-state index in [0.29, 0.717) is 12.1 Å². The molecule has 0 bridgehead atoms. The third-order valence-corrected chi connectivity index (χ3v) is 5.87. The largest absolute Gasteiger partial charge is 0.497 e. The minimum Gasteiger partial charge on any atom is -0.497 e. The lowest BCUT2D eigenvalue weighted by molar-refractivity contribution is -0.130. The quantitative estimate of drug-likeness (QED) is 0.752. The lowest BCUT2D eigenvalue weighted by Gasteiger charge is -2.18. The summed E-state index contributed by atoms with van der Waals surface area (Å²) in [6.07, 6.45) is 0.0940. The van der Waals surface area contributed by atoms with Gasteiger partial charge >= 0.3 is 0 Å². The number of methoxy groups -OCH3 is 1. The SMILES string of the molecule is COc1ccc(CN(C)C(=O)CCNS(=O)(=O)c2cc(C)ccc2C)cc1. The Bertz CT molecular complexity index is 893. The molecule has 1 amide bonds. The van der Waals surface area contributed by atoms with E-state index in [0.717, 1.165) is 16.9 Å². The minimum absolute atomic E-state index is 0.0570. The number of benzene rings is 2. The Morgan fingerprint density at radius 3 is 2.41 bits per heavy atom. The van der Waals surface area contributed by atoms with Crippen LogP contribution in [0.25, 0.3) is 0 Å². The van der Waals surface area contributed by atoms with Crippen LogP contribution < -0.4 is 9.46 Å². The molecule has 0 aliphatic carbocycles. The summed E-state index contributed by atoms with van der Waals surface area (Å²) >= 11 is 0. The number of sulfonamides is 1. The fourth-order valence-electron chi connectivity index (χ4n) is 2.65. The normalized spacial score (nSPS) is 11.3. The van der Waals surface area contributed by atoms with Crippen molar-refractivity contribution in [2.45, 2.75) is 31.7 Å². The van der Waals surface area contributed by atoms with Crippen LogP contribution in [0.3, 0.4) is 0 Å². The van der Waals surface area contributed by atoms with E-state index in [1.807, 2.05) is 37.3 Å². The van der Waals surface area contributed by atoms with Crippen LogP contribution in [0, 0.1) is 13.8 Å². The standard InChI is InChI=1S/C20H26N2O4S/c1-15-5-6-16(2)19(13-15)27(24,25)21-12-11-20(23)22(3)14-17-7-9-18(26-4)10-8-17/h5-10,13,21H,11-12,14H2,1-4H3. The molecule has 0 spiro atoms. The summed E-state index contributed by atoms with van der Waals surface area (Å²) in [5, 5.41) is 0. The molecule has 27 heavy (non-hydrogen) atoms. The molecular formula is C20H26N2O4S. The number of hydrogen-bond donors (Lipinski definition) is 1. The van der Waals surface area contributed by atoms with E-state index in [1.165, 1.54) is 0 Å². The van der Waals surface area contributed by atoms with Crippen LogP contribution in [-0.2, 0) is 21.4 Å². The number of amides is 1. The van der Waals surface area contributed by atoms with Gasteiger partial charge in [0.1, 0.15) is 5.75 Å². The third-order valence-electron chi connectivity index (χ3n) is 4.27. The molecule has 7 heteroatoms. The number of hydrogen-bond acceptors (Lipinski definition) is 4. The summed E-state index contributed by atoms with van der Waals surface area (Å²) in [4.78, 5) is 14.1. The number of carbonyl (C=O) groups is 1. The van der Waals surface area contributed by atoms with Gasteiger partial charge in [0.05, 0.1) is 12.0 Å². The Kier molecular flexibility index (Phi) is 6.98. The van der Waals surface area contributed by atoms with Gasteiger partial charge in [0, 0.05) is 26.6 Å². The zero-order valence-corrected chi connectivity index (χ0v) is 17.0. The molecule has 2 aromatic carbocycles. The van der Waals surface area contributed by atoms with Gasteiger partial charge in [-0.25, -0.2) is 13.1 Å². The fraction of sp³-hybridized carbons (Fsp3) is 0.350. The lowest BCUT2D eigenvalue weighted by Crippen LogP contribution is -2.32. The van der Waals surface area contributed by atoms with Crippen LogP contribution >= 0.6 is 0 Å². The number of carbonyl (C=O) groups excluding carboxylic acids is 1. The zero-order valence-electron chi connectivity index (χ0n) is 16.2. The van der Waals surface area contributed by atoms with Gasteiger partial charge < -0.3 is 9.64 Å². The summed E-state index contributed by atoms with van der Waals surface area (Å²) in [6.45, 7) is 4.10. The highest BCUT2D eigenvalue weighted by atomic mass is 32.2. The van der Waals surface area contributed by atoms with Crippen LogP contribution in [-0.4, -0.2) is 39.9 Å². The molecule has 146 valence electrons. The van der Waals surface area contributed by atoms with Crippen molar-refractivity contribution in [1.29, 1.82) is 0 Å². The molecule has 0 atom stereocenters. The van der Waals surface area contributed by atoms with Gasteiger partial charge in [0.15, 0.2) is 0 Å². The average molecular weight is 391 g/mol. The first-order chi connectivity index (χ1) is 12.7. The predicted molar refractivity (Wildman–Crippen MR) is 105 cm³/mol. The van der Waals surface area contributed by atoms with Crippen molar-refractivity contribution in [3.63, 3.8) is 0 Å². The summed E-state index contributed by atoms with van der Waals surface area (Å²) in [5.74, 6) is 0.628. The molecule has 1 N–H and O–H groups in total. The molecule has 0 aliphatic heterocycles. The number of rotatable bonds is 8. The van der Waals surface area contributed by atoms with Crippen LogP contribution in [0.15, 0.2) is 47.4 Å². The Balaban J connectivity index is 1.89. The van der Waals surface area contributed by atoms with Crippen LogP contribution in [0.2, 0.25) is 0 Å². The van der Waals surface area contributed by atoms with E-state index < -0.39 is 10.0 Å². The monoisotopic (exact) mass is 390 g/mol. The molecule has 2 rings (SSSR count). The molecule has 0 fully saturated rings. The second-order valence-electron chi connectivity index (χ2n) is 6.51. The van der Waals surface area contributed by atoms with Gasteiger partial charge in [-0.2, -0.15) is 0 Å². The molecule has 0 aliphatic rings. The molecule has 6 nitrogen and oxygen atoms in total. The van der Waals surface area contributed by atoms with Crippen molar-refractivity contribution in [2.75, 3.05) is 20.7 Å². The number of nitrogens with zero attached hydrogens (tertiary/aromatic N) is 1. The predicted octanol–water partition coefficient (Wildman–Crippen LogP) is 2.64. The highest BCUT2D eigenvalue weighted by Crippen LogP contribution is 2.16. The van der Waals surface area contributed by atoms with Gasteiger partial charge in [-0.05, 0) is 48.7 Å². The molecule has 0 aromatic heterocycles. The van der Waals surface area contributed by atoms with Crippen molar-refractivity contribution in [3.8, 4) is 5.75 Å². The number of nitrogens with one attached hydrogen (secondary N) is 1. The van der Waals surface area contributed by atoms with Crippen molar-refractivity contribution in [3.05, 3.63) is 59.2 Å². The molecule has 0 heterocycles. The van der Waals surface area contributed by atoms with Crippen LogP contribution in [0.4, 0.5) is 0 Å². The topological polar surface area (TPSA) is 75.7 Å². The first-order valence-corrected chi connectivity index (χ1v) is 10.1. The summed E-state index contributed by atoms with van der Waals surface area (Å²) < 4.78 is 32.5. The van der Waals surface area contributed by atoms with Gasteiger partial charge in [0.2, 0.25) is 15.9 Å². The summed E-state index contributed by atoms with van der Waals surface area (Å²) in [6, 6.07) is 12.7. The fourth-order valence-corrected chi connectivity index (χ4v) is 4.01. The highest BCUT2D eigenvalue weighted by Gasteiger charge is 2.18. The molecule has 2 aromatic rings. The maximum absolute atomic E-state index is 12.5. The third kappa shape index (κ3) is 5.80. The minimum atomic E-state index is -3.64. The maximum Gasteiger partial charge on any atom is 0.240 e. The first kappa shape index (κ1) is 20.9. The molecular weight excluding hydrogens is 364 g/mol. The van der Waals surface area contributed by atoms with E-state index in [9.17, 15) is 13.2 Å². The van der Waals surface area contributed by atoms with Crippen molar-refractivity contribution in [2.24, 2.45) is 0 Å². The van der Waals surface area contributed by atoms with Gasteiger partial charge in [-0.3, -0.25) is 4.79 Å². The van der Waals surface area contributed by atoms with Crippen molar-refractivity contribution >= 4 is 15.9 Å². The molecule has 0 radical (unpaired) electrons. The molecule has 0 saturated heterocycles. The summed E-state index contributed by atoms with van der Waals surface area (Å²) in [7, 11) is -0.335. The smallest absolute Gasteiger partial charge is 0.240 e. The maximum atomic E-state index is 12.5. The second-order valence-corrected chi connectivity index (χ2v) is 8.25. The Morgan fingerprint density at radius 2 is 1.78 bits per heavy atom. The second kappa shape index (κ2) is 9.01. The van der Waals surface area contributed by atoms with Gasteiger partial charge in [0.25, 0.3) is 0 Å². The Hall–Kier alpha value is -2.38. The van der Waals surface area contributed by atoms with Crippen molar-refractivity contribution in [1.82, 2.24) is 9.62 Å². The highest BCUT2D eigenvalue weighted by molar-refractivity contribution is 7.89. The average Bonchev–Trinajstić information content (AvgIpc) is 2.64. The number of ether oxygens (including phenoxy) is 1. The van der Waals surface area contributed by atoms with Gasteiger partial charge in [-0.15, -0.1) is 0 Å². The van der Waals surface area contributed by atoms with Crippen LogP contribution in [0.5, 0.6) is 5.75 Å². The van der Waals surface area contributed by atoms with Crippen molar-refractivity contribution < 1.29 is 17.9 Å². The molecule has 0 saturated carbocycles. The first-order valence-electron chi connectivity index (χ1n) is 8.67. The van der Waals surface area contributed by atoms with Crippen LogP contribution in [0.1, 0.15) is 23.1 Å². The Labute approximate surface area is 161 Å². The van der Waals surface area contributed by atoms with E-state index in [2.05, 4.69) is 4.72 Å². The number of aryl methyl sites for hydroxylation is 2. The zero-order chi connectivity index (χ0) is 20.0. The van der Waals surface area contributed by atoms with Gasteiger partial charge in [-0.1, -0.05) is 24.3 Å². The lowest BCUT2D eigenvalue weighted by atomic mass is 10.2. The Morgan fingerprint density at radius 1 is 1.11 bits per heavy atom. The van der Waals surface area contributed by atoms with E-state index in [1.54, 1.807) is 38.1 Å². The molecule has 0 unspecified atom stereocenters.